The topological polar surface area (TPSA) is 81.2 Å². The molecule has 1 aromatic rings. The van der Waals surface area contributed by atoms with E-state index in [1.54, 1.807) is 6.92 Å². The van der Waals surface area contributed by atoms with Gasteiger partial charge in [-0.25, -0.2) is 4.98 Å². The minimum atomic E-state index is -0.301. The van der Waals surface area contributed by atoms with Crippen molar-refractivity contribution in [1.29, 1.82) is 0 Å². The molecule has 3 N–H and O–H groups in total. The van der Waals surface area contributed by atoms with Gasteiger partial charge in [0.1, 0.15) is 6.26 Å². The van der Waals surface area contributed by atoms with Crippen molar-refractivity contribution in [2.45, 2.75) is 52.6 Å². The highest BCUT2D eigenvalue weighted by Gasteiger charge is 2.16. The number of aromatic nitrogens is 1. The van der Waals surface area contributed by atoms with Gasteiger partial charge in [0.25, 0.3) is 5.91 Å². The lowest BCUT2D eigenvalue weighted by molar-refractivity contribution is 0.0932. The number of oxazole rings is 1. The van der Waals surface area contributed by atoms with Gasteiger partial charge < -0.3 is 15.5 Å². The van der Waals surface area contributed by atoms with Crippen LogP contribution in [0, 0.1) is 5.92 Å². The van der Waals surface area contributed by atoms with E-state index in [1.165, 1.54) is 6.26 Å². The van der Waals surface area contributed by atoms with Gasteiger partial charge in [-0.3, -0.25) is 4.79 Å². The summed E-state index contributed by atoms with van der Waals surface area (Å²) >= 11 is 0. The average molecular weight is 253 g/mol. The van der Waals surface area contributed by atoms with E-state index in [2.05, 4.69) is 24.1 Å². The third-order valence-electron chi connectivity index (χ3n) is 2.70. The van der Waals surface area contributed by atoms with E-state index in [9.17, 15) is 4.79 Å². The summed E-state index contributed by atoms with van der Waals surface area (Å²) in [6, 6.07) is -0.166. The maximum absolute atomic E-state index is 11.9. The Balaban J connectivity index is 2.48. The van der Waals surface area contributed by atoms with Crippen LogP contribution in [0.1, 0.15) is 63.0 Å². The lowest BCUT2D eigenvalue weighted by atomic mass is 10.0. The number of nitrogens with two attached hydrogens (primary N) is 1. The molecule has 0 saturated heterocycles. The van der Waals surface area contributed by atoms with Crippen molar-refractivity contribution >= 4 is 5.91 Å². The van der Waals surface area contributed by atoms with Crippen molar-refractivity contribution in [3.63, 3.8) is 0 Å². The van der Waals surface area contributed by atoms with E-state index in [0.717, 1.165) is 12.8 Å². The van der Waals surface area contributed by atoms with Gasteiger partial charge in [-0.15, -0.1) is 0 Å². The van der Waals surface area contributed by atoms with Crippen LogP contribution in [0.5, 0.6) is 0 Å². The van der Waals surface area contributed by atoms with Crippen molar-refractivity contribution < 1.29 is 9.21 Å². The van der Waals surface area contributed by atoms with Crippen LogP contribution in [0.15, 0.2) is 10.7 Å². The number of carbonyl (C=O) groups excluding carboxylic acids is 1. The van der Waals surface area contributed by atoms with Gasteiger partial charge >= 0.3 is 0 Å². The first-order valence-electron chi connectivity index (χ1n) is 6.42. The fourth-order valence-corrected chi connectivity index (χ4v) is 1.55. The van der Waals surface area contributed by atoms with E-state index >= 15 is 0 Å². The molecule has 18 heavy (non-hydrogen) atoms. The number of hydrogen-bond donors (Lipinski definition) is 2. The van der Waals surface area contributed by atoms with Crippen LogP contribution in [0.2, 0.25) is 0 Å². The molecule has 1 heterocycles. The highest BCUT2D eigenvalue weighted by atomic mass is 16.3. The molecule has 1 aromatic heterocycles. The molecule has 0 aliphatic rings. The summed E-state index contributed by atoms with van der Waals surface area (Å²) < 4.78 is 5.13. The Hall–Kier alpha value is -1.36. The van der Waals surface area contributed by atoms with Crippen molar-refractivity contribution in [3.05, 3.63) is 17.8 Å². The first-order chi connectivity index (χ1) is 8.40. The summed E-state index contributed by atoms with van der Waals surface area (Å²) in [7, 11) is 0. The van der Waals surface area contributed by atoms with Crippen molar-refractivity contribution in [1.82, 2.24) is 10.3 Å². The summed E-state index contributed by atoms with van der Waals surface area (Å²) in [5.74, 6) is 0.818. The Morgan fingerprint density at radius 3 is 2.56 bits per heavy atom. The zero-order chi connectivity index (χ0) is 13.7. The molecular weight excluding hydrogens is 230 g/mol. The SMILES string of the molecule is CC(C)CCC(C)NC(=O)c1coc(C(C)N)n1. The molecule has 2 unspecified atom stereocenters. The predicted octanol–water partition coefficient (Wildman–Crippen LogP) is 2.25. The highest BCUT2D eigenvalue weighted by molar-refractivity contribution is 5.92. The lowest BCUT2D eigenvalue weighted by Gasteiger charge is -2.13. The van der Waals surface area contributed by atoms with Gasteiger partial charge in [0, 0.05) is 6.04 Å². The monoisotopic (exact) mass is 253 g/mol. The first-order valence-corrected chi connectivity index (χ1v) is 6.42. The molecule has 5 heteroatoms. The third kappa shape index (κ3) is 4.49. The molecular formula is C13H23N3O2. The van der Waals surface area contributed by atoms with Gasteiger partial charge in [-0.2, -0.15) is 0 Å². The van der Waals surface area contributed by atoms with Crippen LogP contribution in [0.25, 0.3) is 0 Å². The normalized spacial score (nSPS) is 14.6. The molecule has 0 aromatic carbocycles. The number of amides is 1. The Morgan fingerprint density at radius 1 is 1.39 bits per heavy atom. The quantitative estimate of drug-likeness (QED) is 0.814. The van der Waals surface area contributed by atoms with E-state index in [1.807, 2.05) is 6.92 Å². The maximum Gasteiger partial charge on any atom is 0.273 e. The molecule has 1 amide bonds. The zero-order valence-corrected chi connectivity index (χ0v) is 11.6. The van der Waals surface area contributed by atoms with Crippen molar-refractivity contribution in [2.24, 2.45) is 11.7 Å². The summed E-state index contributed by atoms with van der Waals surface area (Å²) in [5, 5.41) is 2.90. The number of carbonyl (C=O) groups is 1. The fraction of sp³-hybridized carbons (Fsp3) is 0.692. The van der Waals surface area contributed by atoms with E-state index < -0.39 is 0 Å². The van der Waals surface area contributed by atoms with Crippen LogP contribution in [-0.2, 0) is 0 Å². The average Bonchev–Trinajstić information content (AvgIpc) is 2.75. The summed E-state index contributed by atoms with van der Waals surface area (Å²) in [5.41, 5.74) is 5.91. The van der Waals surface area contributed by atoms with Gasteiger partial charge in [0.15, 0.2) is 5.69 Å². The van der Waals surface area contributed by atoms with Crippen molar-refractivity contribution in [2.75, 3.05) is 0 Å². The number of nitrogens with zero attached hydrogens (tertiary/aromatic N) is 1. The van der Waals surface area contributed by atoms with Gasteiger partial charge in [0.05, 0.1) is 6.04 Å². The molecule has 5 nitrogen and oxygen atoms in total. The van der Waals surface area contributed by atoms with E-state index in [4.69, 9.17) is 10.2 Å². The molecule has 0 saturated carbocycles. The maximum atomic E-state index is 11.9. The molecule has 0 spiro atoms. The predicted molar refractivity (Wildman–Crippen MR) is 70.1 cm³/mol. The smallest absolute Gasteiger partial charge is 0.273 e. The summed E-state index contributed by atoms with van der Waals surface area (Å²) in [6.45, 7) is 8.09. The Bertz CT molecular complexity index is 385. The number of hydrogen-bond acceptors (Lipinski definition) is 4. The second-order valence-electron chi connectivity index (χ2n) is 5.21. The molecule has 0 aliphatic heterocycles. The molecule has 102 valence electrons. The molecule has 0 fully saturated rings. The van der Waals surface area contributed by atoms with Crippen LogP contribution in [0.4, 0.5) is 0 Å². The minimum Gasteiger partial charge on any atom is -0.446 e. The van der Waals surface area contributed by atoms with Crippen LogP contribution >= 0.6 is 0 Å². The molecule has 0 aliphatic carbocycles. The van der Waals surface area contributed by atoms with Gasteiger partial charge in [0.2, 0.25) is 5.89 Å². The molecule has 1 rings (SSSR count). The van der Waals surface area contributed by atoms with Crippen molar-refractivity contribution in [3.8, 4) is 0 Å². The molecule has 0 bridgehead atoms. The minimum absolute atomic E-state index is 0.135. The Labute approximate surface area is 108 Å². The van der Waals surface area contributed by atoms with Crippen LogP contribution in [-0.4, -0.2) is 16.9 Å². The van der Waals surface area contributed by atoms with E-state index in [0.29, 0.717) is 17.5 Å². The zero-order valence-electron chi connectivity index (χ0n) is 11.6. The van der Waals surface area contributed by atoms with Crippen LogP contribution < -0.4 is 11.1 Å². The number of rotatable bonds is 6. The summed E-state index contributed by atoms with van der Waals surface area (Å²) in [6.07, 6.45) is 3.40. The second kappa shape index (κ2) is 6.54. The standard InChI is InChI=1S/C13H23N3O2/c1-8(2)5-6-9(3)15-12(17)11-7-18-13(16-11)10(4)14/h7-10H,5-6,14H2,1-4H3,(H,15,17). The van der Waals surface area contributed by atoms with Gasteiger partial charge in [-0.05, 0) is 32.6 Å². The molecule has 2 atom stereocenters. The third-order valence-corrected chi connectivity index (χ3v) is 2.70. The molecule has 0 radical (unpaired) electrons. The second-order valence-corrected chi connectivity index (χ2v) is 5.21. The van der Waals surface area contributed by atoms with Crippen LogP contribution in [0.3, 0.4) is 0 Å². The van der Waals surface area contributed by atoms with Gasteiger partial charge in [-0.1, -0.05) is 13.8 Å². The highest BCUT2D eigenvalue weighted by Crippen LogP contribution is 2.10. The Kier molecular flexibility index (Phi) is 5.34. The first kappa shape index (κ1) is 14.7. The fourth-order valence-electron chi connectivity index (χ4n) is 1.55. The van der Waals surface area contributed by atoms with E-state index in [-0.39, 0.29) is 18.0 Å². The largest absolute Gasteiger partial charge is 0.446 e. The lowest BCUT2D eigenvalue weighted by Crippen LogP contribution is -2.33. The summed E-state index contributed by atoms with van der Waals surface area (Å²) in [4.78, 5) is 15.9. The Morgan fingerprint density at radius 2 is 2.06 bits per heavy atom. The number of nitrogens with one attached hydrogen (secondary N) is 1.